The predicted octanol–water partition coefficient (Wildman–Crippen LogP) is 1.74. The van der Waals surface area contributed by atoms with Gasteiger partial charge in [0.15, 0.2) is 0 Å². The van der Waals surface area contributed by atoms with Crippen molar-refractivity contribution in [3.05, 3.63) is 35.6 Å². The lowest BCUT2D eigenvalue weighted by Crippen LogP contribution is -2.50. The highest BCUT2D eigenvalue weighted by Gasteiger charge is 2.34. The van der Waals surface area contributed by atoms with E-state index in [1.165, 1.54) is 20.7 Å². The lowest BCUT2D eigenvalue weighted by Gasteiger charge is -2.34. The maximum Gasteiger partial charge on any atom is 0.281 e. The second-order valence-corrected chi connectivity index (χ2v) is 8.06. The van der Waals surface area contributed by atoms with Crippen molar-refractivity contribution in [3.8, 4) is 0 Å². The van der Waals surface area contributed by atoms with Crippen molar-refractivity contribution in [2.75, 3.05) is 26.2 Å². The Kier molecular flexibility index (Phi) is 6.92. The van der Waals surface area contributed by atoms with Crippen LogP contribution in [0.5, 0.6) is 0 Å². The first-order valence-electron chi connectivity index (χ1n) is 8.65. The summed E-state index contributed by atoms with van der Waals surface area (Å²) in [5.41, 5.74) is 0.804. The number of nitrogens with zero attached hydrogens (tertiary/aromatic N) is 2. The maximum absolute atomic E-state index is 12.9. The van der Waals surface area contributed by atoms with E-state index in [0.29, 0.717) is 39.0 Å². The summed E-state index contributed by atoms with van der Waals surface area (Å²) in [5, 5.41) is 2.82. The molecule has 0 aromatic heterocycles. The molecule has 0 bridgehead atoms. The Morgan fingerprint density at radius 1 is 1.28 bits per heavy atom. The standard InChI is InChI=1S/C17H26FN3O3S/c1-3-20(4-2)25(23,24)21-11-5-6-15(13-21)17(22)19-12-14-7-9-16(18)10-8-14/h7-10,15H,3-6,11-13H2,1-2H3,(H,19,22)/t15-/m0/s1. The van der Waals surface area contributed by atoms with E-state index in [1.807, 2.05) is 0 Å². The summed E-state index contributed by atoms with van der Waals surface area (Å²) in [6.45, 7) is 5.39. The van der Waals surface area contributed by atoms with E-state index >= 15 is 0 Å². The molecule has 1 saturated heterocycles. The second kappa shape index (κ2) is 8.73. The first-order chi connectivity index (χ1) is 11.9. The Balaban J connectivity index is 1.95. The molecule has 1 aliphatic rings. The Morgan fingerprint density at radius 3 is 2.52 bits per heavy atom. The van der Waals surface area contributed by atoms with Gasteiger partial charge in [-0.2, -0.15) is 17.0 Å². The van der Waals surface area contributed by atoms with Gasteiger partial charge < -0.3 is 5.32 Å². The topological polar surface area (TPSA) is 69.7 Å². The minimum atomic E-state index is -3.52. The molecular weight excluding hydrogens is 345 g/mol. The molecule has 1 heterocycles. The molecule has 6 nitrogen and oxygen atoms in total. The number of carbonyl (C=O) groups excluding carboxylic acids is 1. The molecule has 0 radical (unpaired) electrons. The van der Waals surface area contributed by atoms with Gasteiger partial charge in [-0.25, -0.2) is 4.39 Å². The van der Waals surface area contributed by atoms with E-state index in [2.05, 4.69) is 5.32 Å². The number of hydrogen-bond donors (Lipinski definition) is 1. The number of hydrogen-bond acceptors (Lipinski definition) is 3. The van der Waals surface area contributed by atoms with Gasteiger partial charge in [-0.1, -0.05) is 26.0 Å². The van der Waals surface area contributed by atoms with Gasteiger partial charge in [-0.3, -0.25) is 4.79 Å². The highest BCUT2D eigenvalue weighted by Crippen LogP contribution is 2.21. The van der Waals surface area contributed by atoms with Crippen LogP contribution in [0.3, 0.4) is 0 Å². The first-order valence-corrected chi connectivity index (χ1v) is 10.1. The number of piperidine rings is 1. The van der Waals surface area contributed by atoms with Crippen LogP contribution in [0, 0.1) is 11.7 Å². The van der Waals surface area contributed by atoms with Crippen LogP contribution in [0.4, 0.5) is 4.39 Å². The van der Waals surface area contributed by atoms with Crippen LogP contribution in [0.1, 0.15) is 32.3 Å². The van der Waals surface area contributed by atoms with Crippen molar-refractivity contribution in [2.24, 2.45) is 5.92 Å². The van der Waals surface area contributed by atoms with E-state index in [1.54, 1.807) is 26.0 Å². The van der Waals surface area contributed by atoms with E-state index in [-0.39, 0.29) is 24.2 Å². The zero-order chi connectivity index (χ0) is 18.4. The average molecular weight is 371 g/mol. The summed E-state index contributed by atoms with van der Waals surface area (Å²) < 4.78 is 40.9. The van der Waals surface area contributed by atoms with Gasteiger partial charge in [0.25, 0.3) is 10.2 Å². The third-order valence-electron chi connectivity index (χ3n) is 4.49. The third kappa shape index (κ3) is 4.99. The minimum Gasteiger partial charge on any atom is -0.352 e. The van der Waals surface area contributed by atoms with Crippen molar-refractivity contribution < 1.29 is 17.6 Å². The van der Waals surface area contributed by atoms with Gasteiger partial charge >= 0.3 is 0 Å². The van der Waals surface area contributed by atoms with E-state index < -0.39 is 10.2 Å². The Labute approximate surface area is 149 Å². The van der Waals surface area contributed by atoms with Crippen LogP contribution in [0.15, 0.2) is 24.3 Å². The number of amides is 1. The van der Waals surface area contributed by atoms with Crippen LogP contribution in [-0.2, 0) is 21.5 Å². The monoisotopic (exact) mass is 371 g/mol. The highest BCUT2D eigenvalue weighted by atomic mass is 32.2. The minimum absolute atomic E-state index is 0.163. The van der Waals surface area contributed by atoms with E-state index in [4.69, 9.17) is 0 Å². The molecular formula is C17H26FN3O3S. The first kappa shape index (κ1) is 19.8. The van der Waals surface area contributed by atoms with Gasteiger partial charge in [-0.05, 0) is 30.5 Å². The molecule has 8 heteroatoms. The zero-order valence-electron chi connectivity index (χ0n) is 14.7. The number of halogens is 1. The van der Waals surface area contributed by atoms with E-state index in [9.17, 15) is 17.6 Å². The summed E-state index contributed by atoms with van der Waals surface area (Å²) in [5.74, 6) is -0.845. The number of benzene rings is 1. The summed E-state index contributed by atoms with van der Waals surface area (Å²) in [4.78, 5) is 12.4. The highest BCUT2D eigenvalue weighted by molar-refractivity contribution is 7.86. The molecule has 0 saturated carbocycles. The number of nitrogens with one attached hydrogen (secondary N) is 1. The second-order valence-electron chi connectivity index (χ2n) is 6.13. The lowest BCUT2D eigenvalue weighted by atomic mass is 9.99. The third-order valence-corrected chi connectivity index (χ3v) is 6.65. The summed E-state index contributed by atoms with van der Waals surface area (Å²) in [7, 11) is -3.52. The molecule has 1 aromatic rings. The van der Waals surface area contributed by atoms with Gasteiger partial charge in [-0.15, -0.1) is 0 Å². The average Bonchev–Trinajstić information content (AvgIpc) is 2.62. The lowest BCUT2D eigenvalue weighted by molar-refractivity contribution is -0.126. The van der Waals surface area contributed by atoms with Crippen molar-refractivity contribution in [1.29, 1.82) is 0 Å². The number of rotatable bonds is 7. The van der Waals surface area contributed by atoms with Gasteiger partial charge in [0.1, 0.15) is 5.82 Å². The molecule has 140 valence electrons. The maximum atomic E-state index is 12.9. The molecule has 0 aliphatic carbocycles. The Hall–Kier alpha value is -1.51. The SMILES string of the molecule is CCN(CC)S(=O)(=O)N1CCC[C@H](C(=O)NCc2ccc(F)cc2)C1. The molecule has 1 fully saturated rings. The fraction of sp³-hybridized carbons (Fsp3) is 0.588. The molecule has 1 N–H and O–H groups in total. The molecule has 1 aliphatic heterocycles. The summed E-state index contributed by atoms with van der Waals surface area (Å²) >= 11 is 0. The van der Waals surface area contributed by atoms with Crippen molar-refractivity contribution >= 4 is 16.1 Å². The fourth-order valence-electron chi connectivity index (χ4n) is 3.01. The van der Waals surface area contributed by atoms with Gasteiger partial charge in [0.2, 0.25) is 5.91 Å². The van der Waals surface area contributed by atoms with Crippen LogP contribution in [0.25, 0.3) is 0 Å². The van der Waals surface area contributed by atoms with E-state index in [0.717, 1.165) is 5.56 Å². The molecule has 0 spiro atoms. The quantitative estimate of drug-likeness (QED) is 0.794. The van der Waals surface area contributed by atoms with Crippen LogP contribution < -0.4 is 5.32 Å². The van der Waals surface area contributed by atoms with Crippen LogP contribution in [-0.4, -0.2) is 49.1 Å². The summed E-state index contributed by atoms with van der Waals surface area (Å²) in [6, 6.07) is 5.93. The fourth-order valence-corrected chi connectivity index (χ4v) is 4.72. The number of carbonyl (C=O) groups is 1. The predicted molar refractivity (Wildman–Crippen MR) is 94.4 cm³/mol. The zero-order valence-corrected chi connectivity index (χ0v) is 15.6. The smallest absolute Gasteiger partial charge is 0.281 e. The van der Waals surface area contributed by atoms with Crippen molar-refractivity contribution in [2.45, 2.75) is 33.2 Å². The molecule has 2 rings (SSSR count). The van der Waals surface area contributed by atoms with Crippen LogP contribution in [0.2, 0.25) is 0 Å². The molecule has 1 amide bonds. The molecule has 0 unspecified atom stereocenters. The largest absolute Gasteiger partial charge is 0.352 e. The van der Waals surface area contributed by atoms with Crippen molar-refractivity contribution in [1.82, 2.24) is 13.9 Å². The normalized spacial score (nSPS) is 19.1. The summed E-state index contributed by atoms with van der Waals surface area (Å²) in [6.07, 6.45) is 1.33. The molecule has 1 atom stereocenters. The van der Waals surface area contributed by atoms with Gasteiger partial charge in [0.05, 0.1) is 5.92 Å². The van der Waals surface area contributed by atoms with Crippen molar-refractivity contribution in [3.63, 3.8) is 0 Å². The van der Waals surface area contributed by atoms with Gasteiger partial charge in [0, 0.05) is 32.7 Å². The molecule has 1 aromatic carbocycles. The Morgan fingerprint density at radius 2 is 1.92 bits per heavy atom. The Bertz CT molecular complexity index is 675. The molecule has 25 heavy (non-hydrogen) atoms. The van der Waals surface area contributed by atoms with Crippen LogP contribution >= 0.6 is 0 Å².